The van der Waals surface area contributed by atoms with Crippen LogP contribution in [-0.4, -0.2) is 28.2 Å². The summed E-state index contributed by atoms with van der Waals surface area (Å²) >= 11 is 6.02. The largest absolute Gasteiger partial charge is 0.381 e. The SMILES string of the molecule is NCc1ccc(S(=O)(=O)NCC2CCOCC2)c(Cl)c1. The smallest absolute Gasteiger partial charge is 0.242 e. The number of nitrogens with one attached hydrogen (secondary N) is 1. The molecule has 1 heterocycles. The molecular weight excluding hydrogens is 300 g/mol. The molecule has 0 radical (unpaired) electrons. The van der Waals surface area contributed by atoms with Gasteiger partial charge in [-0.3, -0.25) is 0 Å². The number of rotatable bonds is 5. The molecule has 1 saturated heterocycles. The van der Waals surface area contributed by atoms with E-state index in [0.29, 0.717) is 32.2 Å². The van der Waals surface area contributed by atoms with Gasteiger partial charge in [0.25, 0.3) is 0 Å². The first-order valence-electron chi connectivity index (χ1n) is 6.59. The van der Waals surface area contributed by atoms with Gasteiger partial charge in [-0.05, 0) is 36.5 Å². The van der Waals surface area contributed by atoms with Gasteiger partial charge >= 0.3 is 0 Å². The molecule has 3 N–H and O–H groups in total. The van der Waals surface area contributed by atoms with E-state index in [0.717, 1.165) is 18.4 Å². The van der Waals surface area contributed by atoms with Gasteiger partial charge in [0.2, 0.25) is 10.0 Å². The van der Waals surface area contributed by atoms with Crippen molar-refractivity contribution < 1.29 is 13.2 Å². The highest BCUT2D eigenvalue weighted by molar-refractivity contribution is 7.89. The van der Waals surface area contributed by atoms with E-state index in [1.165, 1.54) is 6.07 Å². The quantitative estimate of drug-likeness (QED) is 0.862. The van der Waals surface area contributed by atoms with Gasteiger partial charge in [-0.25, -0.2) is 13.1 Å². The number of hydrogen-bond donors (Lipinski definition) is 2. The zero-order valence-electron chi connectivity index (χ0n) is 11.1. The lowest BCUT2D eigenvalue weighted by Crippen LogP contribution is -2.32. The summed E-state index contributed by atoms with van der Waals surface area (Å²) in [5, 5.41) is 0.201. The normalized spacial score (nSPS) is 17.3. The first kappa shape index (κ1) is 15.7. The van der Waals surface area contributed by atoms with Crippen LogP contribution in [0.15, 0.2) is 23.1 Å². The Hall–Kier alpha value is -0.660. The van der Waals surface area contributed by atoms with E-state index in [1.54, 1.807) is 12.1 Å². The predicted molar refractivity (Wildman–Crippen MR) is 78.1 cm³/mol. The van der Waals surface area contributed by atoms with E-state index in [2.05, 4.69) is 4.72 Å². The molecule has 0 aliphatic carbocycles. The van der Waals surface area contributed by atoms with Crippen LogP contribution in [0, 0.1) is 5.92 Å². The van der Waals surface area contributed by atoms with Crippen LogP contribution < -0.4 is 10.5 Å². The summed E-state index contributed by atoms with van der Waals surface area (Å²) in [5.74, 6) is 0.320. The summed E-state index contributed by atoms with van der Waals surface area (Å²) in [4.78, 5) is 0.100. The van der Waals surface area contributed by atoms with Gasteiger partial charge in [0, 0.05) is 26.3 Å². The zero-order chi connectivity index (χ0) is 14.6. The summed E-state index contributed by atoms with van der Waals surface area (Å²) in [5.41, 5.74) is 6.30. The lowest BCUT2D eigenvalue weighted by Gasteiger charge is -2.22. The topological polar surface area (TPSA) is 81.4 Å². The van der Waals surface area contributed by atoms with Crippen LogP contribution in [0.1, 0.15) is 18.4 Å². The number of nitrogens with two attached hydrogens (primary N) is 1. The van der Waals surface area contributed by atoms with Crippen LogP contribution in [0.5, 0.6) is 0 Å². The molecule has 0 saturated carbocycles. The third-order valence-corrected chi connectivity index (χ3v) is 5.33. The minimum atomic E-state index is -3.58. The zero-order valence-corrected chi connectivity index (χ0v) is 12.7. The van der Waals surface area contributed by atoms with Gasteiger partial charge < -0.3 is 10.5 Å². The van der Waals surface area contributed by atoms with Crippen molar-refractivity contribution in [2.45, 2.75) is 24.3 Å². The lowest BCUT2D eigenvalue weighted by atomic mass is 10.0. The molecule has 1 fully saturated rings. The molecule has 20 heavy (non-hydrogen) atoms. The maximum atomic E-state index is 12.2. The van der Waals surface area contributed by atoms with Crippen LogP contribution in [0.4, 0.5) is 0 Å². The molecule has 5 nitrogen and oxygen atoms in total. The third-order valence-electron chi connectivity index (χ3n) is 3.42. The summed E-state index contributed by atoms with van der Waals surface area (Å²) in [6.45, 7) is 2.13. The summed E-state index contributed by atoms with van der Waals surface area (Å²) in [7, 11) is -3.58. The average Bonchev–Trinajstić information content (AvgIpc) is 2.46. The van der Waals surface area contributed by atoms with E-state index in [4.69, 9.17) is 22.1 Å². The third kappa shape index (κ3) is 3.93. The van der Waals surface area contributed by atoms with Crippen molar-refractivity contribution >= 4 is 21.6 Å². The standard InChI is InChI=1S/C13H19ClN2O3S/c14-12-7-11(8-15)1-2-13(12)20(17,18)16-9-10-3-5-19-6-4-10/h1-2,7,10,16H,3-6,8-9,15H2. The second kappa shape index (κ2) is 6.87. The van der Waals surface area contributed by atoms with Crippen molar-refractivity contribution in [3.8, 4) is 0 Å². The minimum Gasteiger partial charge on any atom is -0.381 e. The maximum absolute atomic E-state index is 12.2. The second-order valence-electron chi connectivity index (χ2n) is 4.88. The van der Waals surface area contributed by atoms with Crippen molar-refractivity contribution in [2.24, 2.45) is 11.7 Å². The highest BCUT2D eigenvalue weighted by atomic mass is 35.5. The molecule has 0 aromatic heterocycles. The van der Waals surface area contributed by atoms with Crippen LogP contribution in [0.3, 0.4) is 0 Å². The predicted octanol–water partition coefficient (Wildman–Crippen LogP) is 1.50. The highest BCUT2D eigenvalue weighted by Gasteiger charge is 2.21. The van der Waals surface area contributed by atoms with E-state index >= 15 is 0 Å². The first-order chi connectivity index (χ1) is 9.53. The van der Waals surface area contributed by atoms with Gasteiger partial charge in [-0.1, -0.05) is 17.7 Å². The van der Waals surface area contributed by atoms with E-state index in [9.17, 15) is 8.42 Å². The van der Waals surface area contributed by atoms with Crippen molar-refractivity contribution in [2.75, 3.05) is 19.8 Å². The summed E-state index contributed by atoms with van der Waals surface area (Å²) in [6.07, 6.45) is 1.75. The van der Waals surface area contributed by atoms with Crippen molar-refractivity contribution in [1.82, 2.24) is 4.72 Å². The Kier molecular flexibility index (Phi) is 5.40. The van der Waals surface area contributed by atoms with Crippen LogP contribution in [-0.2, 0) is 21.3 Å². The Morgan fingerprint density at radius 1 is 1.35 bits per heavy atom. The molecule has 1 aromatic rings. The fraction of sp³-hybridized carbons (Fsp3) is 0.538. The first-order valence-corrected chi connectivity index (χ1v) is 8.45. The number of halogens is 1. The summed E-state index contributed by atoms with van der Waals surface area (Å²) in [6, 6.07) is 4.76. The van der Waals surface area contributed by atoms with Gasteiger partial charge in [0.05, 0.1) is 5.02 Å². The van der Waals surface area contributed by atoms with E-state index in [1.807, 2.05) is 0 Å². The molecule has 0 atom stereocenters. The van der Waals surface area contributed by atoms with Crippen LogP contribution in [0.2, 0.25) is 5.02 Å². The Morgan fingerprint density at radius 2 is 2.05 bits per heavy atom. The molecule has 0 spiro atoms. The number of ether oxygens (including phenoxy) is 1. The molecular formula is C13H19ClN2O3S. The second-order valence-corrected chi connectivity index (χ2v) is 7.02. The van der Waals surface area contributed by atoms with Crippen molar-refractivity contribution in [3.05, 3.63) is 28.8 Å². The Bertz CT molecular complexity index is 557. The molecule has 2 rings (SSSR count). The molecule has 0 amide bonds. The molecule has 112 valence electrons. The van der Waals surface area contributed by atoms with Crippen molar-refractivity contribution in [3.63, 3.8) is 0 Å². The fourth-order valence-corrected chi connectivity index (χ4v) is 3.83. The Morgan fingerprint density at radius 3 is 2.65 bits per heavy atom. The van der Waals surface area contributed by atoms with Crippen LogP contribution in [0.25, 0.3) is 0 Å². The monoisotopic (exact) mass is 318 g/mol. The van der Waals surface area contributed by atoms with Gasteiger partial charge in [0.15, 0.2) is 0 Å². The number of sulfonamides is 1. The molecule has 0 bridgehead atoms. The molecule has 0 unspecified atom stereocenters. The van der Waals surface area contributed by atoms with Gasteiger partial charge in [-0.15, -0.1) is 0 Å². The maximum Gasteiger partial charge on any atom is 0.242 e. The molecule has 1 aromatic carbocycles. The van der Waals surface area contributed by atoms with E-state index < -0.39 is 10.0 Å². The number of benzene rings is 1. The lowest BCUT2D eigenvalue weighted by molar-refractivity contribution is 0.0678. The van der Waals surface area contributed by atoms with Gasteiger partial charge in [0.1, 0.15) is 4.90 Å². The molecule has 7 heteroatoms. The highest BCUT2D eigenvalue weighted by Crippen LogP contribution is 2.23. The van der Waals surface area contributed by atoms with E-state index in [-0.39, 0.29) is 9.92 Å². The Labute approximate surface area is 124 Å². The fourth-order valence-electron chi connectivity index (χ4n) is 2.15. The molecule has 1 aliphatic rings. The average molecular weight is 319 g/mol. The van der Waals surface area contributed by atoms with Crippen LogP contribution >= 0.6 is 11.6 Å². The number of hydrogen-bond acceptors (Lipinski definition) is 4. The van der Waals surface area contributed by atoms with Gasteiger partial charge in [-0.2, -0.15) is 0 Å². The summed E-state index contributed by atoms with van der Waals surface area (Å²) < 4.78 is 32.3. The minimum absolute atomic E-state index is 0.100. The van der Waals surface area contributed by atoms with Crippen molar-refractivity contribution in [1.29, 1.82) is 0 Å². The Balaban J connectivity index is 2.05. The molecule has 1 aliphatic heterocycles.